The highest BCUT2D eigenvalue weighted by Gasteiger charge is 2.35. The van der Waals surface area contributed by atoms with Gasteiger partial charge in [-0.2, -0.15) is 0 Å². The van der Waals surface area contributed by atoms with Gasteiger partial charge in [-0.3, -0.25) is 4.79 Å². The molecule has 2 aromatic rings. The van der Waals surface area contributed by atoms with Crippen molar-refractivity contribution in [3.05, 3.63) is 36.4 Å². The van der Waals surface area contributed by atoms with E-state index in [2.05, 4.69) is 0 Å². The van der Waals surface area contributed by atoms with E-state index < -0.39 is 12.4 Å². The molecule has 1 aromatic carbocycles. The maximum atomic E-state index is 13.1. The molecule has 0 radical (unpaired) electrons. The fourth-order valence-electron chi connectivity index (χ4n) is 2.94. The molecule has 1 saturated heterocycles. The van der Waals surface area contributed by atoms with Crippen molar-refractivity contribution >= 4 is 29.1 Å². The highest BCUT2D eigenvalue weighted by molar-refractivity contribution is 7.18. The summed E-state index contributed by atoms with van der Waals surface area (Å²) in [5.41, 5.74) is 1.29. The van der Waals surface area contributed by atoms with Crippen LogP contribution in [0.1, 0.15) is 20.8 Å². The second-order valence-corrected chi connectivity index (χ2v) is 7.94. The summed E-state index contributed by atoms with van der Waals surface area (Å²) in [6.07, 6.45) is -2.45. The largest absolute Gasteiger partial charge is 0.512 e. The molecule has 1 aromatic heterocycles. The minimum Gasteiger partial charge on any atom is -0.449 e. The Bertz CT molecular complexity index is 826. The fourth-order valence-corrected chi connectivity index (χ4v) is 3.94. The van der Waals surface area contributed by atoms with Gasteiger partial charge in [0.2, 0.25) is 11.4 Å². The molecule has 8 heteroatoms. The number of hydrogen-bond donors (Lipinski definition) is 1. The highest BCUT2D eigenvalue weighted by atomic mass is 32.1. The summed E-state index contributed by atoms with van der Waals surface area (Å²) in [6.45, 7) is 6.52. The first-order valence-electron chi connectivity index (χ1n) is 9.03. The zero-order valence-corrected chi connectivity index (χ0v) is 16.8. The van der Waals surface area contributed by atoms with E-state index in [-0.39, 0.29) is 22.9 Å². The molecule has 1 amide bonds. The molecular weight excluding hydrogens is 382 g/mol. The Morgan fingerprint density at radius 3 is 2.43 bits per heavy atom. The van der Waals surface area contributed by atoms with E-state index in [1.165, 1.54) is 16.2 Å². The molecule has 0 atom stereocenters. The Balaban J connectivity index is 1.98. The Morgan fingerprint density at radius 1 is 1.21 bits per heavy atom. The summed E-state index contributed by atoms with van der Waals surface area (Å²) < 4.78 is 16.1. The second kappa shape index (κ2) is 8.72. The smallest absolute Gasteiger partial charge is 0.449 e. The molecule has 0 saturated carbocycles. The van der Waals surface area contributed by atoms with Crippen LogP contribution >= 0.6 is 11.3 Å². The number of carboxylic acid groups (broad SMARTS) is 1. The van der Waals surface area contributed by atoms with Crippen LogP contribution in [-0.4, -0.2) is 42.7 Å². The monoisotopic (exact) mass is 405 g/mol. The third kappa shape index (κ3) is 4.52. The third-order valence-corrected chi connectivity index (χ3v) is 5.25. The van der Waals surface area contributed by atoms with Crippen LogP contribution in [0.25, 0.3) is 10.4 Å². The second-order valence-electron chi connectivity index (χ2n) is 6.92. The predicted octanol–water partition coefficient (Wildman–Crippen LogP) is 4.22. The molecule has 1 N–H and O–H groups in total. The summed E-state index contributed by atoms with van der Waals surface area (Å²) in [6, 6.07) is 11.0. The third-order valence-electron chi connectivity index (χ3n) is 4.20. The zero-order chi connectivity index (χ0) is 20.3. The van der Waals surface area contributed by atoms with Crippen LogP contribution in [-0.2, 0) is 14.3 Å². The van der Waals surface area contributed by atoms with Crippen molar-refractivity contribution in [1.29, 1.82) is 0 Å². The van der Waals surface area contributed by atoms with Crippen molar-refractivity contribution in [2.75, 3.05) is 18.1 Å². The van der Waals surface area contributed by atoms with E-state index in [1.54, 1.807) is 6.07 Å². The number of carbonyl (C=O) groups excluding carboxylic acids is 1. The number of ether oxygens (including phenoxy) is 3. The van der Waals surface area contributed by atoms with Crippen molar-refractivity contribution in [1.82, 2.24) is 0 Å². The maximum Gasteiger partial charge on any atom is 0.512 e. The molecule has 1 aliphatic heterocycles. The first kappa shape index (κ1) is 20.3. The van der Waals surface area contributed by atoms with Gasteiger partial charge in [-0.1, -0.05) is 48.6 Å². The van der Waals surface area contributed by atoms with Gasteiger partial charge in [0.05, 0.1) is 18.9 Å². The molecule has 7 nitrogen and oxygen atoms in total. The van der Waals surface area contributed by atoms with Crippen LogP contribution in [0.3, 0.4) is 0 Å². The maximum absolute atomic E-state index is 13.1. The molecule has 0 bridgehead atoms. The van der Waals surface area contributed by atoms with Gasteiger partial charge < -0.3 is 24.2 Å². The van der Waals surface area contributed by atoms with E-state index in [9.17, 15) is 9.59 Å². The Hall–Kier alpha value is -2.42. The topological polar surface area (TPSA) is 85.3 Å². The molecule has 0 unspecified atom stereocenters. The first-order valence-corrected chi connectivity index (χ1v) is 9.84. The van der Waals surface area contributed by atoms with Crippen molar-refractivity contribution in [3.8, 4) is 15.5 Å². The summed E-state index contributed by atoms with van der Waals surface area (Å²) in [5.74, 6) is -0.164. The van der Waals surface area contributed by atoms with Crippen LogP contribution in [0.2, 0.25) is 0 Å². The highest BCUT2D eigenvalue weighted by Crippen LogP contribution is 2.44. The number of nitrogens with zero attached hydrogens (tertiary/aromatic N) is 1. The molecule has 0 aliphatic carbocycles. The van der Waals surface area contributed by atoms with Crippen molar-refractivity contribution in [2.24, 2.45) is 5.92 Å². The van der Waals surface area contributed by atoms with Crippen LogP contribution in [0.15, 0.2) is 36.4 Å². The summed E-state index contributed by atoms with van der Waals surface area (Å²) >= 11 is 1.17. The van der Waals surface area contributed by atoms with E-state index in [4.69, 9.17) is 19.3 Å². The molecule has 3 rings (SSSR count). The van der Waals surface area contributed by atoms with E-state index in [0.29, 0.717) is 18.9 Å². The summed E-state index contributed by atoms with van der Waals surface area (Å²) in [5, 5.41) is 9.28. The van der Waals surface area contributed by atoms with Gasteiger partial charge in [-0.15, -0.1) is 0 Å². The lowest BCUT2D eigenvalue weighted by Crippen LogP contribution is -2.48. The number of rotatable bonds is 5. The van der Waals surface area contributed by atoms with E-state index in [1.807, 2.05) is 51.1 Å². The number of benzene rings is 1. The first-order chi connectivity index (χ1) is 13.4. The molecule has 2 heterocycles. The molecule has 1 fully saturated rings. The number of hydrogen-bond acceptors (Lipinski definition) is 6. The van der Waals surface area contributed by atoms with Crippen molar-refractivity contribution in [2.45, 2.75) is 33.1 Å². The summed E-state index contributed by atoms with van der Waals surface area (Å²) in [4.78, 5) is 26.6. The van der Waals surface area contributed by atoms with Gasteiger partial charge in [0.1, 0.15) is 0 Å². The fraction of sp³-hybridized carbons (Fsp3) is 0.400. The molecule has 150 valence electrons. The van der Waals surface area contributed by atoms with E-state index in [0.717, 1.165) is 10.4 Å². The van der Waals surface area contributed by atoms with Crippen LogP contribution in [0, 0.1) is 5.92 Å². The molecule has 28 heavy (non-hydrogen) atoms. The average molecular weight is 405 g/mol. The predicted molar refractivity (Wildman–Crippen MR) is 106 cm³/mol. The van der Waals surface area contributed by atoms with Crippen molar-refractivity contribution in [3.63, 3.8) is 0 Å². The van der Waals surface area contributed by atoms with Gasteiger partial charge in [0, 0.05) is 16.8 Å². The Labute approximate surface area is 167 Å². The van der Waals surface area contributed by atoms with Gasteiger partial charge in [0.25, 0.3) is 5.91 Å². The zero-order valence-electron chi connectivity index (χ0n) is 16.0. The number of carbonyl (C=O) groups is 2. The van der Waals surface area contributed by atoms with Crippen LogP contribution < -0.4 is 9.64 Å². The lowest BCUT2D eigenvalue weighted by molar-refractivity contribution is -0.200. The van der Waals surface area contributed by atoms with Gasteiger partial charge in [0.15, 0.2) is 0 Å². The Kier molecular flexibility index (Phi) is 6.33. The lowest BCUT2D eigenvalue weighted by Gasteiger charge is -2.33. The average Bonchev–Trinajstić information content (AvgIpc) is 3.05. The summed E-state index contributed by atoms with van der Waals surface area (Å²) in [7, 11) is 0. The quantitative estimate of drug-likeness (QED) is 0.750. The molecular formula is C20H23NO6S. The minimum atomic E-state index is -1.43. The van der Waals surface area contributed by atoms with E-state index >= 15 is 0 Å². The number of anilines is 1. The standard InChI is InChI=1S/C20H23NO6S/c1-12(2)21(17(22)18-25-10-13(3)11-26-18)15-9-16(14-7-5-4-6-8-14)28-19(15)27-20(23)24/h4-9,12-13,18H,10-11H2,1-3H3,(H,23,24). The lowest BCUT2D eigenvalue weighted by atomic mass is 10.1. The Morgan fingerprint density at radius 2 is 1.86 bits per heavy atom. The number of amides is 1. The number of thiophene rings is 1. The van der Waals surface area contributed by atoms with Crippen molar-refractivity contribution < 1.29 is 28.9 Å². The van der Waals surface area contributed by atoms with Gasteiger partial charge in [-0.25, -0.2) is 4.79 Å². The van der Waals surface area contributed by atoms with Gasteiger partial charge >= 0.3 is 6.16 Å². The van der Waals surface area contributed by atoms with Crippen LogP contribution in [0.4, 0.5) is 10.5 Å². The van der Waals surface area contributed by atoms with Crippen LogP contribution in [0.5, 0.6) is 5.06 Å². The molecule has 0 spiro atoms. The SMILES string of the molecule is CC1COC(C(=O)N(c2cc(-c3ccccc3)sc2OC(=O)O)C(C)C)OC1. The van der Waals surface area contributed by atoms with Gasteiger partial charge in [-0.05, 0) is 25.5 Å². The normalized spacial score (nSPS) is 19.4. The molecule has 1 aliphatic rings. The minimum absolute atomic E-state index is 0.137.